The number of aryl methyl sites for hydroxylation is 1. The van der Waals surface area contributed by atoms with Crippen molar-refractivity contribution < 1.29 is 13.9 Å². The Morgan fingerprint density at radius 2 is 1.90 bits per heavy atom. The van der Waals surface area contributed by atoms with E-state index in [1.54, 1.807) is 17.9 Å². The first-order valence-corrected chi connectivity index (χ1v) is 10.5. The first-order chi connectivity index (χ1) is 14.6. The third-order valence-electron chi connectivity index (χ3n) is 5.86. The molecule has 1 saturated heterocycles. The molecule has 5 nitrogen and oxygen atoms in total. The summed E-state index contributed by atoms with van der Waals surface area (Å²) in [6, 6.07) is 15.1. The van der Waals surface area contributed by atoms with Gasteiger partial charge in [0.2, 0.25) is 0 Å². The molecule has 158 valence electrons. The Kier molecular flexibility index (Phi) is 6.45. The summed E-state index contributed by atoms with van der Waals surface area (Å²) in [5.41, 5.74) is 3.99. The monoisotopic (exact) mass is 409 g/mol. The number of carbonyl (C=O) groups excluding carboxylic acids is 1. The molecule has 2 aliphatic rings. The maximum absolute atomic E-state index is 13.6. The van der Waals surface area contributed by atoms with E-state index >= 15 is 0 Å². The molecule has 6 heteroatoms. The van der Waals surface area contributed by atoms with Gasteiger partial charge in [0.1, 0.15) is 12.4 Å². The molecule has 0 saturated carbocycles. The van der Waals surface area contributed by atoms with Gasteiger partial charge in [-0.1, -0.05) is 42.5 Å². The highest BCUT2D eigenvalue weighted by molar-refractivity contribution is 5.68. The second-order valence-electron chi connectivity index (χ2n) is 7.88. The van der Waals surface area contributed by atoms with E-state index in [-0.39, 0.29) is 18.1 Å². The van der Waals surface area contributed by atoms with E-state index in [1.165, 1.54) is 5.57 Å². The quantitative estimate of drug-likeness (QED) is 0.835. The molecule has 2 aromatic rings. The van der Waals surface area contributed by atoms with E-state index in [0.717, 1.165) is 37.2 Å². The van der Waals surface area contributed by atoms with Crippen LogP contribution in [-0.2, 0) is 11.3 Å². The van der Waals surface area contributed by atoms with Crippen LogP contribution >= 0.6 is 0 Å². The zero-order valence-electron chi connectivity index (χ0n) is 17.3. The van der Waals surface area contributed by atoms with Gasteiger partial charge in [0.15, 0.2) is 0 Å². The van der Waals surface area contributed by atoms with Crippen LogP contribution in [0, 0.1) is 12.7 Å². The van der Waals surface area contributed by atoms with E-state index < -0.39 is 0 Å². The minimum absolute atomic E-state index is 0.167. The van der Waals surface area contributed by atoms with Crippen LogP contribution in [-0.4, -0.2) is 54.8 Å². The molecule has 1 atom stereocenters. The summed E-state index contributed by atoms with van der Waals surface area (Å²) in [4.78, 5) is 16.5. The fourth-order valence-electron chi connectivity index (χ4n) is 4.05. The molecule has 0 spiro atoms. The summed E-state index contributed by atoms with van der Waals surface area (Å²) in [5, 5.41) is 3.55. The smallest absolute Gasteiger partial charge is 0.410 e. The molecule has 2 aromatic carbocycles. The molecule has 2 heterocycles. The van der Waals surface area contributed by atoms with Crippen LogP contribution < -0.4 is 5.32 Å². The summed E-state index contributed by atoms with van der Waals surface area (Å²) in [6.07, 6.45) is 3.01. The summed E-state index contributed by atoms with van der Waals surface area (Å²) in [7, 11) is 0. The number of nitrogens with zero attached hydrogens (tertiary/aromatic N) is 2. The van der Waals surface area contributed by atoms with Crippen molar-refractivity contribution >= 4 is 11.7 Å². The lowest BCUT2D eigenvalue weighted by Gasteiger charge is -2.40. The van der Waals surface area contributed by atoms with E-state index in [9.17, 15) is 9.18 Å². The Balaban J connectivity index is 1.28. The summed E-state index contributed by atoms with van der Waals surface area (Å²) in [6.45, 7) is 5.79. The Bertz CT molecular complexity index is 908. The number of amides is 1. The molecule has 0 aromatic heterocycles. The van der Waals surface area contributed by atoms with Crippen LogP contribution in [0.5, 0.6) is 0 Å². The number of rotatable bonds is 4. The number of hydrogen-bond acceptors (Lipinski definition) is 4. The highest BCUT2D eigenvalue weighted by Crippen LogP contribution is 2.26. The van der Waals surface area contributed by atoms with Gasteiger partial charge in [0.25, 0.3) is 0 Å². The first kappa shape index (κ1) is 20.6. The molecule has 30 heavy (non-hydrogen) atoms. The third kappa shape index (κ3) is 4.89. The zero-order valence-corrected chi connectivity index (χ0v) is 17.3. The minimum atomic E-state index is -0.252. The van der Waals surface area contributed by atoms with Crippen LogP contribution in [0.4, 0.5) is 9.18 Å². The molecule has 1 N–H and O–H groups in total. The average molecular weight is 410 g/mol. The topological polar surface area (TPSA) is 44.8 Å². The van der Waals surface area contributed by atoms with Gasteiger partial charge in [-0.25, -0.2) is 9.18 Å². The normalized spacial score (nSPS) is 20.0. The second kappa shape index (κ2) is 9.41. The third-order valence-corrected chi connectivity index (χ3v) is 5.86. The fourth-order valence-corrected chi connectivity index (χ4v) is 4.05. The number of piperazine rings is 1. The number of hydrogen-bond donors (Lipinski definition) is 1. The summed E-state index contributed by atoms with van der Waals surface area (Å²) < 4.78 is 19.1. The van der Waals surface area contributed by atoms with Crippen LogP contribution in [0.3, 0.4) is 0 Å². The standard InChI is InChI=1S/C24H28FN3O2/c1-18-15-20(7-8-22(18)25)21-9-10-26-23(16-21)27-11-13-28(14-12-27)24(29)30-17-19-5-3-2-4-6-19/h2-9,15,23,26H,10-14,16-17H2,1H3. The van der Waals surface area contributed by atoms with Crippen molar-refractivity contribution in [3.63, 3.8) is 0 Å². The fraction of sp³-hybridized carbons (Fsp3) is 0.375. The molecular weight excluding hydrogens is 381 g/mol. The molecule has 1 unspecified atom stereocenters. The molecule has 0 bridgehead atoms. The number of halogens is 1. The number of benzene rings is 2. The van der Waals surface area contributed by atoms with Crippen molar-refractivity contribution in [1.29, 1.82) is 0 Å². The number of nitrogens with one attached hydrogen (secondary N) is 1. The SMILES string of the molecule is Cc1cc(C2=CCNC(N3CCN(C(=O)OCc4ccccc4)CC3)C2)ccc1F. The number of carbonyl (C=O) groups is 1. The predicted molar refractivity (Wildman–Crippen MR) is 115 cm³/mol. The average Bonchev–Trinajstić information content (AvgIpc) is 2.80. The van der Waals surface area contributed by atoms with Gasteiger partial charge in [0, 0.05) is 39.1 Å². The Morgan fingerprint density at radius 1 is 1.13 bits per heavy atom. The van der Waals surface area contributed by atoms with E-state index in [1.807, 2.05) is 42.5 Å². The highest BCUT2D eigenvalue weighted by atomic mass is 19.1. The van der Waals surface area contributed by atoms with Crippen molar-refractivity contribution in [1.82, 2.24) is 15.1 Å². The molecule has 1 fully saturated rings. The van der Waals surface area contributed by atoms with Crippen LogP contribution in [0.15, 0.2) is 54.6 Å². The van der Waals surface area contributed by atoms with Crippen molar-refractivity contribution in [2.24, 2.45) is 0 Å². The van der Waals surface area contributed by atoms with E-state index in [2.05, 4.69) is 16.3 Å². The van der Waals surface area contributed by atoms with Gasteiger partial charge in [-0.05, 0) is 41.3 Å². The molecular formula is C24H28FN3O2. The van der Waals surface area contributed by atoms with Crippen LogP contribution in [0.1, 0.15) is 23.1 Å². The molecule has 1 amide bonds. The predicted octanol–water partition coefficient (Wildman–Crippen LogP) is 3.79. The van der Waals surface area contributed by atoms with Gasteiger partial charge in [-0.15, -0.1) is 0 Å². The Morgan fingerprint density at radius 3 is 2.63 bits per heavy atom. The van der Waals surface area contributed by atoms with Crippen molar-refractivity contribution in [2.75, 3.05) is 32.7 Å². The highest BCUT2D eigenvalue weighted by Gasteiger charge is 2.28. The zero-order chi connectivity index (χ0) is 20.9. The second-order valence-corrected chi connectivity index (χ2v) is 7.88. The largest absolute Gasteiger partial charge is 0.445 e. The molecule has 0 aliphatic carbocycles. The van der Waals surface area contributed by atoms with Gasteiger partial charge >= 0.3 is 6.09 Å². The van der Waals surface area contributed by atoms with Gasteiger partial charge in [0.05, 0.1) is 6.17 Å². The Hall–Kier alpha value is -2.70. The lowest BCUT2D eigenvalue weighted by atomic mass is 9.96. The maximum Gasteiger partial charge on any atom is 0.410 e. The van der Waals surface area contributed by atoms with E-state index in [4.69, 9.17) is 4.74 Å². The van der Waals surface area contributed by atoms with Crippen LogP contribution in [0.2, 0.25) is 0 Å². The lowest BCUT2D eigenvalue weighted by molar-refractivity contribution is 0.0545. The van der Waals surface area contributed by atoms with Gasteiger partial charge in [-0.2, -0.15) is 0 Å². The van der Waals surface area contributed by atoms with Crippen molar-refractivity contribution in [3.05, 3.63) is 77.1 Å². The summed E-state index contributed by atoms with van der Waals surface area (Å²) >= 11 is 0. The molecule has 4 rings (SSSR count). The maximum atomic E-state index is 13.6. The van der Waals surface area contributed by atoms with Crippen molar-refractivity contribution in [3.8, 4) is 0 Å². The summed E-state index contributed by atoms with van der Waals surface area (Å²) in [5.74, 6) is -0.167. The molecule has 2 aliphatic heterocycles. The molecule has 0 radical (unpaired) electrons. The Labute approximate surface area is 177 Å². The van der Waals surface area contributed by atoms with Gasteiger partial charge < -0.3 is 9.64 Å². The van der Waals surface area contributed by atoms with Crippen LogP contribution in [0.25, 0.3) is 5.57 Å². The number of ether oxygens (including phenoxy) is 1. The van der Waals surface area contributed by atoms with E-state index in [0.29, 0.717) is 25.3 Å². The van der Waals surface area contributed by atoms with Crippen molar-refractivity contribution in [2.45, 2.75) is 26.1 Å². The first-order valence-electron chi connectivity index (χ1n) is 10.5. The minimum Gasteiger partial charge on any atom is -0.445 e. The lowest BCUT2D eigenvalue weighted by Crippen LogP contribution is -2.56. The van der Waals surface area contributed by atoms with Gasteiger partial charge in [-0.3, -0.25) is 10.2 Å².